The highest BCUT2D eigenvalue weighted by Gasteiger charge is 2.50. The van der Waals surface area contributed by atoms with E-state index in [1.807, 2.05) is 41.8 Å². The van der Waals surface area contributed by atoms with E-state index in [-0.39, 0.29) is 29.6 Å². The van der Waals surface area contributed by atoms with Crippen molar-refractivity contribution in [2.45, 2.75) is 69.1 Å². The number of hydrogen-bond acceptors (Lipinski definition) is 5. The van der Waals surface area contributed by atoms with Crippen LogP contribution in [-0.2, 0) is 23.7 Å². The van der Waals surface area contributed by atoms with E-state index >= 15 is 0 Å². The van der Waals surface area contributed by atoms with Crippen molar-refractivity contribution in [3.8, 4) is 28.6 Å². The van der Waals surface area contributed by atoms with Crippen molar-refractivity contribution in [1.82, 2.24) is 19.6 Å². The summed E-state index contributed by atoms with van der Waals surface area (Å²) in [5, 5.41) is 25.3. The Balaban J connectivity index is 0.971. The molecule has 48 heavy (non-hydrogen) atoms. The van der Waals surface area contributed by atoms with Gasteiger partial charge in [0.05, 0.1) is 17.5 Å². The van der Waals surface area contributed by atoms with Crippen LogP contribution in [0.4, 0.5) is 11.4 Å². The molecule has 9 heteroatoms. The third-order valence-corrected chi connectivity index (χ3v) is 11.9. The molecule has 2 N–H and O–H groups in total. The Morgan fingerprint density at radius 2 is 1.46 bits per heavy atom. The maximum Gasteiger partial charge on any atom is 0.228 e. The fourth-order valence-electron chi connectivity index (χ4n) is 8.90. The van der Waals surface area contributed by atoms with E-state index < -0.39 is 0 Å². The van der Waals surface area contributed by atoms with Crippen LogP contribution in [0, 0.1) is 40.9 Å². The number of hydrogen-bond donors (Lipinski definition) is 2. The molecule has 2 heterocycles. The van der Waals surface area contributed by atoms with Crippen molar-refractivity contribution < 1.29 is 9.59 Å². The molecule has 244 valence electrons. The van der Waals surface area contributed by atoms with Crippen molar-refractivity contribution in [2.75, 3.05) is 10.6 Å². The van der Waals surface area contributed by atoms with Crippen molar-refractivity contribution >= 4 is 23.2 Å². The molecule has 4 atom stereocenters. The van der Waals surface area contributed by atoms with E-state index in [2.05, 4.69) is 53.1 Å². The summed E-state index contributed by atoms with van der Waals surface area (Å²) in [5.41, 5.74) is 9.41. The van der Waals surface area contributed by atoms with Gasteiger partial charge in [-0.2, -0.15) is 15.5 Å². The normalized spacial score (nSPS) is 28.2. The second-order valence-corrected chi connectivity index (χ2v) is 15.1. The smallest absolute Gasteiger partial charge is 0.228 e. The molecule has 2 amide bonds. The van der Waals surface area contributed by atoms with Gasteiger partial charge in [0.2, 0.25) is 11.8 Å². The van der Waals surface area contributed by atoms with Crippen LogP contribution >= 0.6 is 0 Å². The predicted octanol–water partition coefficient (Wildman–Crippen LogP) is 7.11. The van der Waals surface area contributed by atoms with Crippen LogP contribution in [0.2, 0.25) is 0 Å². The summed E-state index contributed by atoms with van der Waals surface area (Å²) in [4.78, 5) is 26.0. The molecule has 2 aromatic heterocycles. The van der Waals surface area contributed by atoms with E-state index in [1.54, 1.807) is 0 Å². The molecule has 6 aliphatic carbocycles. The Morgan fingerprint density at radius 1 is 0.771 bits per heavy atom. The second-order valence-electron chi connectivity index (χ2n) is 15.1. The van der Waals surface area contributed by atoms with Crippen LogP contribution in [0.15, 0.2) is 54.7 Å². The largest absolute Gasteiger partial charge is 0.326 e. The average Bonchev–Trinajstić information content (AvgIpc) is 3.81. The molecule has 4 unspecified atom stereocenters. The lowest BCUT2D eigenvalue weighted by Gasteiger charge is -2.34. The van der Waals surface area contributed by atoms with Gasteiger partial charge < -0.3 is 10.6 Å². The van der Waals surface area contributed by atoms with Gasteiger partial charge in [-0.15, -0.1) is 0 Å². The molecule has 4 aromatic rings. The van der Waals surface area contributed by atoms with Crippen LogP contribution in [0.25, 0.3) is 22.5 Å². The maximum atomic E-state index is 13.2. The highest BCUT2D eigenvalue weighted by atomic mass is 16.2. The van der Waals surface area contributed by atoms with Crippen LogP contribution < -0.4 is 10.6 Å². The van der Waals surface area contributed by atoms with Crippen molar-refractivity contribution in [3.63, 3.8) is 0 Å². The molecule has 6 fully saturated rings. The molecule has 2 aromatic carbocycles. The number of carbonyl (C=O) groups is 2. The topological polar surface area (TPSA) is 118 Å². The SMILES string of the molecule is Cn1ccc(-c2cc(NC(=O)C3CC(C#N)C3)ccc2C2CC2c2cc(-c3cc(NC(=O)C4C5CCC4C5)ccc3C3CC3)nn2C)n1. The number of benzene rings is 2. The highest BCUT2D eigenvalue weighted by Crippen LogP contribution is 2.57. The van der Waals surface area contributed by atoms with Crippen LogP contribution in [0.5, 0.6) is 0 Å². The molecular formula is C39H41N7O2. The van der Waals surface area contributed by atoms with Gasteiger partial charge in [0.1, 0.15) is 0 Å². The number of aryl methyl sites for hydroxylation is 2. The summed E-state index contributed by atoms with van der Waals surface area (Å²) in [7, 11) is 3.96. The first-order valence-corrected chi connectivity index (χ1v) is 17.7. The van der Waals surface area contributed by atoms with Gasteiger partial charge in [-0.25, -0.2) is 0 Å². The molecule has 10 rings (SSSR count). The van der Waals surface area contributed by atoms with Crippen LogP contribution in [0.1, 0.15) is 85.9 Å². The molecule has 9 nitrogen and oxygen atoms in total. The number of anilines is 2. The Kier molecular flexibility index (Phi) is 6.86. The number of carbonyl (C=O) groups excluding carboxylic acids is 2. The minimum absolute atomic E-state index is 0.0105. The number of nitrogens with zero attached hydrogens (tertiary/aromatic N) is 5. The summed E-state index contributed by atoms with van der Waals surface area (Å²) >= 11 is 0. The van der Waals surface area contributed by atoms with Gasteiger partial charge in [0, 0.05) is 72.2 Å². The highest BCUT2D eigenvalue weighted by molar-refractivity contribution is 5.95. The van der Waals surface area contributed by atoms with E-state index in [0.717, 1.165) is 40.3 Å². The van der Waals surface area contributed by atoms with Gasteiger partial charge in [0.25, 0.3) is 0 Å². The number of nitriles is 1. The van der Waals surface area contributed by atoms with Crippen molar-refractivity contribution in [3.05, 3.63) is 71.5 Å². The molecule has 2 bridgehead atoms. The minimum Gasteiger partial charge on any atom is -0.326 e. The first-order chi connectivity index (χ1) is 23.3. The Hall–Kier alpha value is -4.71. The zero-order valence-electron chi connectivity index (χ0n) is 27.5. The predicted molar refractivity (Wildman–Crippen MR) is 183 cm³/mol. The van der Waals surface area contributed by atoms with E-state index in [4.69, 9.17) is 15.5 Å². The summed E-state index contributed by atoms with van der Waals surface area (Å²) in [6.07, 6.45) is 10.2. The first kappa shape index (κ1) is 29.4. The molecule has 0 spiro atoms. The van der Waals surface area contributed by atoms with Crippen LogP contribution in [0.3, 0.4) is 0 Å². The summed E-state index contributed by atoms with van der Waals surface area (Å²) < 4.78 is 3.85. The maximum absolute atomic E-state index is 13.2. The van der Waals surface area contributed by atoms with E-state index in [1.165, 1.54) is 48.9 Å². The Bertz CT molecular complexity index is 1980. The summed E-state index contributed by atoms with van der Waals surface area (Å²) in [6, 6.07) is 19.2. The fraction of sp³-hybridized carbons (Fsp3) is 0.462. The monoisotopic (exact) mass is 639 g/mol. The third kappa shape index (κ3) is 5.13. The number of rotatable bonds is 9. The van der Waals surface area contributed by atoms with Gasteiger partial charge in [-0.1, -0.05) is 12.1 Å². The Labute approximate surface area is 280 Å². The molecule has 0 saturated heterocycles. The number of fused-ring (bicyclic) bond motifs is 1. The van der Waals surface area contributed by atoms with Crippen LogP contribution in [-0.4, -0.2) is 31.4 Å². The van der Waals surface area contributed by atoms with Gasteiger partial charge in [-0.05, 0) is 123 Å². The van der Waals surface area contributed by atoms with Crippen molar-refractivity contribution in [2.24, 2.45) is 43.7 Å². The quantitative estimate of drug-likeness (QED) is 0.202. The zero-order chi connectivity index (χ0) is 32.7. The Morgan fingerprint density at radius 3 is 2.10 bits per heavy atom. The van der Waals surface area contributed by atoms with E-state index in [0.29, 0.717) is 42.4 Å². The molecule has 0 aliphatic heterocycles. The fourth-order valence-corrected chi connectivity index (χ4v) is 8.90. The lowest BCUT2D eigenvalue weighted by Crippen LogP contribution is -2.38. The van der Waals surface area contributed by atoms with Crippen molar-refractivity contribution in [1.29, 1.82) is 5.26 Å². The number of nitrogens with one attached hydrogen (secondary N) is 2. The molecule has 0 radical (unpaired) electrons. The zero-order valence-corrected chi connectivity index (χ0v) is 27.5. The standard InChI is InChI=1S/C39H41N7O2/c1-45-12-11-34(43-45)32-17-26(41-38(47)25-13-21(14-25)20-40)8-10-29(32)30-18-33(30)36-19-35(44-46(36)2)31-16-27(7-9-28(31)22-3-4-22)42-39(48)37-23-5-6-24(37)15-23/h7-12,16-17,19,21-25,30,33,37H,3-6,13-15,18H2,1-2H3,(H,41,47)(H,42,48). The summed E-state index contributed by atoms with van der Waals surface area (Å²) in [5.74, 6) is 2.58. The molecular weight excluding hydrogens is 598 g/mol. The average molecular weight is 640 g/mol. The second kappa shape index (κ2) is 11.2. The molecule has 6 saturated carbocycles. The van der Waals surface area contributed by atoms with Gasteiger partial charge in [-0.3, -0.25) is 19.0 Å². The first-order valence-electron chi connectivity index (χ1n) is 17.7. The lowest BCUT2D eigenvalue weighted by atomic mass is 9.72. The molecule has 6 aliphatic rings. The lowest BCUT2D eigenvalue weighted by molar-refractivity contribution is -0.126. The minimum atomic E-state index is -0.102. The number of amides is 2. The van der Waals surface area contributed by atoms with Gasteiger partial charge in [0.15, 0.2) is 0 Å². The number of aromatic nitrogens is 4. The third-order valence-electron chi connectivity index (χ3n) is 11.9. The van der Waals surface area contributed by atoms with Gasteiger partial charge >= 0.3 is 0 Å². The van der Waals surface area contributed by atoms with E-state index in [9.17, 15) is 9.59 Å². The summed E-state index contributed by atoms with van der Waals surface area (Å²) in [6.45, 7) is 0.